The van der Waals surface area contributed by atoms with Crippen LogP contribution in [0.25, 0.3) is 0 Å². The first-order valence-electron chi connectivity index (χ1n) is 7.02. The summed E-state index contributed by atoms with van der Waals surface area (Å²) in [6.45, 7) is 4.78. The second-order valence-corrected chi connectivity index (χ2v) is 4.29. The molecule has 0 aromatic rings. The van der Waals surface area contributed by atoms with Crippen LogP contribution in [0.5, 0.6) is 0 Å². The van der Waals surface area contributed by atoms with Crippen molar-refractivity contribution in [1.82, 2.24) is 0 Å². The third kappa shape index (κ3) is 11.4. The predicted molar refractivity (Wildman–Crippen MR) is 70.2 cm³/mol. The van der Waals surface area contributed by atoms with Crippen LogP contribution >= 0.6 is 0 Å². The van der Waals surface area contributed by atoms with E-state index in [1.165, 1.54) is 0 Å². The van der Waals surface area contributed by atoms with Gasteiger partial charge < -0.3 is 9.47 Å². The van der Waals surface area contributed by atoms with Gasteiger partial charge in [0.1, 0.15) is 0 Å². The average molecular weight is 258 g/mol. The molecule has 18 heavy (non-hydrogen) atoms. The molecule has 0 N–H and O–H groups in total. The van der Waals surface area contributed by atoms with Gasteiger partial charge in [0.25, 0.3) is 0 Å². The Hall–Kier alpha value is -1.06. The van der Waals surface area contributed by atoms with Gasteiger partial charge in [0, 0.05) is 12.8 Å². The Morgan fingerprint density at radius 2 is 1.28 bits per heavy atom. The molecule has 0 bridgehead atoms. The van der Waals surface area contributed by atoms with E-state index in [-0.39, 0.29) is 11.9 Å². The molecule has 0 aromatic heterocycles. The van der Waals surface area contributed by atoms with Gasteiger partial charge in [-0.1, -0.05) is 26.2 Å². The van der Waals surface area contributed by atoms with Gasteiger partial charge in [-0.15, -0.1) is 0 Å². The SMILES string of the molecule is CCCOC(=O)CCCCCCCC(=O)OCC. The molecular weight excluding hydrogens is 232 g/mol. The first-order chi connectivity index (χ1) is 8.70. The van der Waals surface area contributed by atoms with Crippen molar-refractivity contribution in [2.75, 3.05) is 13.2 Å². The van der Waals surface area contributed by atoms with E-state index >= 15 is 0 Å². The Labute approximate surface area is 110 Å². The van der Waals surface area contributed by atoms with Gasteiger partial charge in [0.15, 0.2) is 0 Å². The standard InChI is InChI=1S/C14H26O4/c1-3-12-18-14(16)11-9-7-5-6-8-10-13(15)17-4-2/h3-12H2,1-2H3. The van der Waals surface area contributed by atoms with E-state index in [9.17, 15) is 9.59 Å². The quantitative estimate of drug-likeness (QED) is 0.422. The lowest BCUT2D eigenvalue weighted by molar-refractivity contribution is -0.144. The van der Waals surface area contributed by atoms with Crippen LogP contribution in [0.1, 0.15) is 65.2 Å². The summed E-state index contributed by atoms with van der Waals surface area (Å²) in [5.41, 5.74) is 0. The lowest BCUT2D eigenvalue weighted by Gasteiger charge is -2.03. The van der Waals surface area contributed by atoms with Gasteiger partial charge in [-0.05, 0) is 26.2 Å². The normalized spacial score (nSPS) is 10.1. The maximum absolute atomic E-state index is 11.2. The van der Waals surface area contributed by atoms with Crippen molar-refractivity contribution in [1.29, 1.82) is 0 Å². The van der Waals surface area contributed by atoms with Crippen LogP contribution < -0.4 is 0 Å². The molecule has 0 heterocycles. The summed E-state index contributed by atoms with van der Waals surface area (Å²) in [6, 6.07) is 0. The van der Waals surface area contributed by atoms with Gasteiger partial charge in [-0.2, -0.15) is 0 Å². The lowest BCUT2D eigenvalue weighted by atomic mass is 10.1. The molecule has 0 atom stereocenters. The van der Waals surface area contributed by atoms with Gasteiger partial charge in [-0.25, -0.2) is 0 Å². The molecule has 0 amide bonds. The number of hydrogen-bond acceptors (Lipinski definition) is 4. The second kappa shape index (κ2) is 12.4. The highest BCUT2D eigenvalue weighted by atomic mass is 16.5. The topological polar surface area (TPSA) is 52.6 Å². The molecule has 0 aliphatic rings. The largest absolute Gasteiger partial charge is 0.466 e. The Morgan fingerprint density at radius 1 is 0.778 bits per heavy atom. The van der Waals surface area contributed by atoms with E-state index in [1.54, 1.807) is 0 Å². The third-order valence-corrected chi connectivity index (χ3v) is 2.53. The van der Waals surface area contributed by atoms with E-state index in [2.05, 4.69) is 0 Å². The number of hydrogen-bond donors (Lipinski definition) is 0. The Balaban J connectivity index is 3.20. The minimum atomic E-state index is -0.111. The average Bonchev–Trinajstić information content (AvgIpc) is 2.35. The smallest absolute Gasteiger partial charge is 0.305 e. The number of carbonyl (C=O) groups is 2. The molecule has 0 aliphatic carbocycles. The van der Waals surface area contributed by atoms with Crippen molar-refractivity contribution >= 4 is 11.9 Å². The van der Waals surface area contributed by atoms with Crippen LogP contribution in [0.3, 0.4) is 0 Å². The molecule has 4 nitrogen and oxygen atoms in total. The Morgan fingerprint density at radius 3 is 1.78 bits per heavy atom. The summed E-state index contributed by atoms with van der Waals surface area (Å²) in [4.78, 5) is 22.2. The maximum atomic E-state index is 11.2. The zero-order valence-electron chi connectivity index (χ0n) is 11.7. The summed E-state index contributed by atoms with van der Waals surface area (Å²) in [6.07, 6.45) is 6.73. The molecule has 0 aromatic carbocycles. The molecule has 0 radical (unpaired) electrons. The molecule has 4 heteroatoms. The van der Waals surface area contributed by atoms with Crippen molar-refractivity contribution in [3.05, 3.63) is 0 Å². The molecule has 0 rings (SSSR count). The summed E-state index contributed by atoms with van der Waals surface area (Å²) >= 11 is 0. The van der Waals surface area contributed by atoms with Crippen molar-refractivity contribution in [2.45, 2.75) is 65.2 Å². The third-order valence-electron chi connectivity index (χ3n) is 2.53. The van der Waals surface area contributed by atoms with Crippen molar-refractivity contribution in [3.63, 3.8) is 0 Å². The fraction of sp³-hybridized carbons (Fsp3) is 0.857. The van der Waals surface area contributed by atoms with Crippen molar-refractivity contribution in [3.8, 4) is 0 Å². The fourth-order valence-corrected chi connectivity index (χ4v) is 1.59. The fourth-order valence-electron chi connectivity index (χ4n) is 1.59. The summed E-state index contributed by atoms with van der Waals surface area (Å²) in [7, 11) is 0. The molecule has 0 spiro atoms. The van der Waals surface area contributed by atoms with Crippen molar-refractivity contribution in [2.24, 2.45) is 0 Å². The first-order valence-corrected chi connectivity index (χ1v) is 7.02. The molecular formula is C14H26O4. The minimum Gasteiger partial charge on any atom is -0.466 e. The highest BCUT2D eigenvalue weighted by Gasteiger charge is 2.03. The number of ether oxygens (including phenoxy) is 2. The summed E-state index contributed by atoms with van der Waals surface area (Å²) in [5, 5.41) is 0. The minimum absolute atomic E-state index is 0.0941. The lowest BCUT2D eigenvalue weighted by Crippen LogP contribution is -2.04. The zero-order chi connectivity index (χ0) is 13.6. The van der Waals surface area contributed by atoms with Crippen LogP contribution in [-0.2, 0) is 19.1 Å². The number of unbranched alkanes of at least 4 members (excludes halogenated alkanes) is 4. The molecule has 0 unspecified atom stereocenters. The number of carbonyl (C=O) groups excluding carboxylic acids is 2. The van der Waals surface area contributed by atoms with Crippen LogP contribution in [0.2, 0.25) is 0 Å². The maximum Gasteiger partial charge on any atom is 0.305 e. The Kier molecular flexibility index (Phi) is 11.7. The molecule has 0 saturated heterocycles. The molecule has 106 valence electrons. The number of esters is 2. The molecule has 0 fully saturated rings. The van der Waals surface area contributed by atoms with E-state index in [0.717, 1.165) is 38.5 Å². The highest BCUT2D eigenvalue weighted by molar-refractivity contribution is 5.69. The van der Waals surface area contributed by atoms with E-state index in [4.69, 9.17) is 9.47 Å². The van der Waals surface area contributed by atoms with Gasteiger partial charge in [-0.3, -0.25) is 9.59 Å². The highest BCUT2D eigenvalue weighted by Crippen LogP contribution is 2.08. The van der Waals surface area contributed by atoms with Crippen LogP contribution in [-0.4, -0.2) is 25.2 Å². The Bertz CT molecular complexity index is 226. The van der Waals surface area contributed by atoms with Crippen LogP contribution in [0.15, 0.2) is 0 Å². The summed E-state index contributed by atoms with van der Waals surface area (Å²) in [5.74, 6) is -0.205. The predicted octanol–water partition coefficient (Wildman–Crippen LogP) is 3.23. The van der Waals surface area contributed by atoms with Gasteiger partial charge in [0.05, 0.1) is 13.2 Å². The molecule has 0 saturated carbocycles. The van der Waals surface area contributed by atoms with Crippen LogP contribution in [0.4, 0.5) is 0 Å². The zero-order valence-corrected chi connectivity index (χ0v) is 11.7. The van der Waals surface area contributed by atoms with Crippen molar-refractivity contribution < 1.29 is 19.1 Å². The summed E-state index contributed by atoms with van der Waals surface area (Å²) < 4.78 is 9.82. The second-order valence-electron chi connectivity index (χ2n) is 4.29. The first kappa shape index (κ1) is 16.9. The van der Waals surface area contributed by atoms with Gasteiger partial charge >= 0.3 is 11.9 Å². The van der Waals surface area contributed by atoms with E-state index < -0.39 is 0 Å². The number of rotatable bonds is 11. The van der Waals surface area contributed by atoms with Crippen LogP contribution in [0, 0.1) is 0 Å². The monoisotopic (exact) mass is 258 g/mol. The van der Waals surface area contributed by atoms with E-state index in [0.29, 0.717) is 26.1 Å². The molecule has 0 aliphatic heterocycles. The van der Waals surface area contributed by atoms with Gasteiger partial charge in [0.2, 0.25) is 0 Å². The van der Waals surface area contributed by atoms with E-state index in [1.807, 2.05) is 13.8 Å².